The number of hydrogen-bond donors (Lipinski definition) is 2. The molecule has 0 aliphatic carbocycles. The molecule has 1 aromatic carbocycles. The molecule has 2 N–H and O–H groups in total. The second-order valence-corrected chi connectivity index (χ2v) is 4.83. The minimum Gasteiger partial charge on any atom is -0.508 e. The molecule has 0 saturated carbocycles. The van der Waals surface area contributed by atoms with Crippen molar-refractivity contribution in [3.8, 4) is 5.75 Å². The molecule has 0 bridgehead atoms. The molecule has 0 spiro atoms. The van der Waals surface area contributed by atoms with Crippen LogP contribution in [0.2, 0.25) is 0 Å². The van der Waals surface area contributed by atoms with E-state index >= 15 is 0 Å². The molecule has 6 nitrogen and oxygen atoms in total. The second-order valence-electron chi connectivity index (χ2n) is 4.83. The largest absolute Gasteiger partial charge is 0.508 e. The number of phenols is 1. The molecule has 20 heavy (non-hydrogen) atoms. The second kappa shape index (κ2) is 5.92. The molecule has 0 aromatic heterocycles. The van der Waals surface area contributed by atoms with Gasteiger partial charge in [0.05, 0.1) is 25.7 Å². The van der Waals surface area contributed by atoms with Gasteiger partial charge in [-0.15, -0.1) is 0 Å². The van der Waals surface area contributed by atoms with Gasteiger partial charge >= 0.3 is 5.97 Å². The number of carbonyl (C=O) groups is 2. The lowest BCUT2D eigenvalue weighted by molar-refractivity contribution is -0.139. The van der Waals surface area contributed by atoms with Crippen molar-refractivity contribution in [1.82, 2.24) is 4.90 Å². The quantitative estimate of drug-likeness (QED) is 0.862. The van der Waals surface area contributed by atoms with Crippen molar-refractivity contribution in [2.45, 2.75) is 19.4 Å². The molecule has 1 fully saturated rings. The number of morpholine rings is 1. The number of rotatable bonds is 3. The van der Waals surface area contributed by atoms with Gasteiger partial charge in [-0.25, -0.2) is 0 Å². The number of aliphatic carboxylic acids is 1. The smallest absolute Gasteiger partial charge is 0.305 e. The average Bonchev–Trinajstić information content (AvgIpc) is 2.41. The first-order valence-corrected chi connectivity index (χ1v) is 6.39. The Kier molecular flexibility index (Phi) is 4.24. The third-order valence-electron chi connectivity index (χ3n) is 3.34. The molecule has 1 atom stereocenters. The highest BCUT2D eigenvalue weighted by atomic mass is 16.5. The molecule has 6 heteroatoms. The summed E-state index contributed by atoms with van der Waals surface area (Å²) in [5, 5.41) is 18.4. The van der Waals surface area contributed by atoms with E-state index in [1.54, 1.807) is 13.0 Å². The van der Waals surface area contributed by atoms with Crippen LogP contribution in [-0.4, -0.2) is 52.8 Å². The Bertz CT molecular complexity index is 528. The Morgan fingerprint density at radius 1 is 1.45 bits per heavy atom. The van der Waals surface area contributed by atoms with Gasteiger partial charge in [-0.3, -0.25) is 9.59 Å². The normalized spacial score (nSPS) is 18.9. The highest BCUT2D eigenvalue weighted by molar-refractivity contribution is 5.95. The van der Waals surface area contributed by atoms with Crippen molar-refractivity contribution in [3.05, 3.63) is 29.3 Å². The first-order chi connectivity index (χ1) is 9.49. The monoisotopic (exact) mass is 279 g/mol. The summed E-state index contributed by atoms with van der Waals surface area (Å²) in [5.41, 5.74) is 1.05. The molecule has 1 aromatic rings. The molecular weight excluding hydrogens is 262 g/mol. The number of carbonyl (C=O) groups excluding carboxylic acids is 1. The third kappa shape index (κ3) is 3.08. The van der Waals surface area contributed by atoms with Gasteiger partial charge in [-0.1, -0.05) is 0 Å². The molecule has 1 aliphatic heterocycles. The van der Waals surface area contributed by atoms with Gasteiger partial charge in [0.1, 0.15) is 5.75 Å². The van der Waals surface area contributed by atoms with Crippen LogP contribution in [0.5, 0.6) is 5.75 Å². The van der Waals surface area contributed by atoms with Crippen molar-refractivity contribution < 1.29 is 24.5 Å². The number of carboxylic acids is 1. The van der Waals surface area contributed by atoms with Gasteiger partial charge in [0.25, 0.3) is 5.91 Å². The van der Waals surface area contributed by atoms with Crippen LogP contribution in [0.3, 0.4) is 0 Å². The molecule has 108 valence electrons. The summed E-state index contributed by atoms with van der Waals surface area (Å²) < 4.78 is 5.24. The zero-order valence-corrected chi connectivity index (χ0v) is 11.2. The lowest BCUT2D eigenvalue weighted by Gasteiger charge is -2.35. The molecule has 1 amide bonds. The van der Waals surface area contributed by atoms with Crippen LogP contribution in [0.15, 0.2) is 18.2 Å². The summed E-state index contributed by atoms with van der Waals surface area (Å²) in [6.45, 7) is 2.71. The molecular formula is C14H17NO5. The van der Waals surface area contributed by atoms with Crippen LogP contribution >= 0.6 is 0 Å². The number of benzene rings is 1. The zero-order valence-electron chi connectivity index (χ0n) is 11.2. The van der Waals surface area contributed by atoms with Crippen molar-refractivity contribution in [1.29, 1.82) is 0 Å². The summed E-state index contributed by atoms with van der Waals surface area (Å²) in [4.78, 5) is 24.8. The first kappa shape index (κ1) is 14.3. The first-order valence-electron chi connectivity index (χ1n) is 6.39. The van der Waals surface area contributed by atoms with Crippen LogP contribution in [0.4, 0.5) is 0 Å². The lowest BCUT2D eigenvalue weighted by Crippen LogP contribution is -2.49. The fourth-order valence-electron chi connectivity index (χ4n) is 2.25. The topological polar surface area (TPSA) is 87.1 Å². The Hall–Kier alpha value is -2.08. The van der Waals surface area contributed by atoms with E-state index in [1.165, 1.54) is 17.0 Å². The molecule has 0 radical (unpaired) electrons. The van der Waals surface area contributed by atoms with E-state index in [4.69, 9.17) is 9.84 Å². The summed E-state index contributed by atoms with van der Waals surface area (Å²) in [7, 11) is 0. The molecule has 1 heterocycles. The van der Waals surface area contributed by atoms with E-state index < -0.39 is 12.0 Å². The van der Waals surface area contributed by atoms with Crippen LogP contribution in [0.1, 0.15) is 22.3 Å². The standard InChI is InChI=1S/C14H17NO5/c1-9-6-10(2-3-12(9)16)14(19)15-4-5-20-8-11(15)7-13(17)18/h2-3,6,11,16H,4-5,7-8H2,1H3,(H,17,18). The summed E-state index contributed by atoms with van der Waals surface area (Å²) in [5.74, 6) is -1.06. The summed E-state index contributed by atoms with van der Waals surface area (Å²) >= 11 is 0. The van der Waals surface area contributed by atoms with Gasteiger partial charge in [0, 0.05) is 12.1 Å². The van der Waals surface area contributed by atoms with E-state index in [9.17, 15) is 14.7 Å². The number of carboxylic acid groups (broad SMARTS) is 1. The van der Waals surface area contributed by atoms with Crippen molar-refractivity contribution in [3.63, 3.8) is 0 Å². The highest BCUT2D eigenvalue weighted by Crippen LogP contribution is 2.20. The fraction of sp³-hybridized carbons (Fsp3) is 0.429. The Morgan fingerprint density at radius 2 is 2.20 bits per heavy atom. The minimum absolute atomic E-state index is 0.130. The maximum Gasteiger partial charge on any atom is 0.305 e. The van der Waals surface area contributed by atoms with E-state index in [2.05, 4.69) is 0 Å². The summed E-state index contributed by atoms with van der Waals surface area (Å²) in [6, 6.07) is 4.15. The van der Waals surface area contributed by atoms with Crippen LogP contribution in [0, 0.1) is 6.92 Å². The van der Waals surface area contributed by atoms with Crippen LogP contribution < -0.4 is 0 Å². The third-order valence-corrected chi connectivity index (χ3v) is 3.34. The number of aryl methyl sites for hydroxylation is 1. The number of nitrogens with zero attached hydrogens (tertiary/aromatic N) is 1. The van der Waals surface area contributed by atoms with Gasteiger partial charge < -0.3 is 19.8 Å². The number of ether oxygens (including phenoxy) is 1. The molecule has 2 rings (SSSR count). The van der Waals surface area contributed by atoms with E-state index in [0.717, 1.165) is 0 Å². The average molecular weight is 279 g/mol. The molecule has 1 aliphatic rings. The van der Waals surface area contributed by atoms with Crippen LogP contribution in [-0.2, 0) is 9.53 Å². The van der Waals surface area contributed by atoms with Crippen molar-refractivity contribution >= 4 is 11.9 Å². The van der Waals surface area contributed by atoms with Gasteiger partial charge in [0.2, 0.25) is 0 Å². The molecule has 1 unspecified atom stereocenters. The highest BCUT2D eigenvalue weighted by Gasteiger charge is 2.29. The fourth-order valence-corrected chi connectivity index (χ4v) is 2.25. The van der Waals surface area contributed by atoms with Gasteiger partial charge in [0.15, 0.2) is 0 Å². The SMILES string of the molecule is Cc1cc(C(=O)N2CCOCC2CC(=O)O)ccc1O. The number of hydrogen-bond acceptors (Lipinski definition) is 4. The maximum atomic E-state index is 12.5. The predicted octanol–water partition coefficient (Wildman–Crippen LogP) is 1.02. The van der Waals surface area contributed by atoms with Gasteiger partial charge in [-0.2, -0.15) is 0 Å². The Balaban J connectivity index is 2.20. The lowest BCUT2D eigenvalue weighted by atomic mass is 10.1. The maximum absolute atomic E-state index is 12.5. The number of phenolic OH excluding ortho intramolecular Hbond substituents is 1. The summed E-state index contributed by atoms with van der Waals surface area (Å²) in [6.07, 6.45) is -0.136. The predicted molar refractivity (Wildman–Crippen MR) is 70.7 cm³/mol. The van der Waals surface area contributed by atoms with E-state index in [1.807, 2.05) is 0 Å². The van der Waals surface area contributed by atoms with Crippen molar-refractivity contribution in [2.24, 2.45) is 0 Å². The number of amides is 1. The minimum atomic E-state index is -0.958. The van der Waals surface area contributed by atoms with E-state index in [0.29, 0.717) is 24.3 Å². The Morgan fingerprint density at radius 3 is 2.85 bits per heavy atom. The Labute approximate surface area is 116 Å². The van der Waals surface area contributed by atoms with Crippen molar-refractivity contribution in [2.75, 3.05) is 19.8 Å². The molecule has 1 saturated heterocycles. The van der Waals surface area contributed by atoms with Crippen LogP contribution in [0.25, 0.3) is 0 Å². The zero-order chi connectivity index (χ0) is 14.7. The number of aromatic hydroxyl groups is 1. The van der Waals surface area contributed by atoms with E-state index in [-0.39, 0.29) is 24.7 Å². The van der Waals surface area contributed by atoms with Gasteiger partial charge in [-0.05, 0) is 30.7 Å².